The molecule has 10 nitrogen and oxygen atoms in total. The largest absolute Gasteiger partial charge is 0.460 e. The van der Waals surface area contributed by atoms with E-state index in [2.05, 4.69) is 9.97 Å². The lowest BCUT2D eigenvalue weighted by Crippen LogP contribution is -2.31. The molecule has 3 rings (SSSR count). The summed E-state index contributed by atoms with van der Waals surface area (Å²) in [5.41, 5.74) is 5.08. The molecule has 2 aromatic rings. The van der Waals surface area contributed by atoms with Gasteiger partial charge in [0.15, 0.2) is 11.9 Å². The van der Waals surface area contributed by atoms with Crippen molar-refractivity contribution in [3.05, 3.63) is 20.0 Å². The van der Waals surface area contributed by atoms with Gasteiger partial charge in [-0.1, -0.05) is 18.3 Å². The Bertz CT molecular complexity index is 918. The number of hydrogen-bond donors (Lipinski definition) is 3. The number of fused-ring (bicyclic) bond motifs is 1. The molecule has 25 heavy (non-hydrogen) atoms. The second-order valence-corrected chi connectivity index (χ2v) is 6.73. The Morgan fingerprint density at radius 3 is 2.96 bits per heavy atom. The number of nitrogens with two attached hydrogens (primary N) is 1. The van der Waals surface area contributed by atoms with E-state index in [0.717, 1.165) is 4.57 Å². The molecule has 0 spiro atoms. The second-order valence-electron chi connectivity index (χ2n) is 5.77. The smallest absolute Gasteiger partial charge is 0.311 e. The van der Waals surface area contributed by atoms with E-state index in [1.54, 1.807) is 0 Å². The van der Waals surface area contributed by atoms with Crippen molar-refractivity contribution in [2.24, 2.45) is 0 Å². The first-order valence-electron chi connectivity index (χ1n) is 7.73. The van der Waals surface area contributed by atoms with Crippen molar-refractivity contribution < 1.29 is 19.4 Å². The van der Waals surface area contributed by atoms with Gasteiger partial charge in [0, 0.05) is 13.3 Å². The number of esters is 1. The highest BCUT2D eigenvalue weighted by Crippen LogP contribution is 2.33. The van der Waals surface area contributed by atoms with E-state index in [4.69, 9.17) is 15.2 Å². The van der Waals surface area contributed by atoms with Crippen molar-refractivity contribution >= 4 is 33.6 Å². The van der Waals surface area contributed by atoms with Gasteiger partial charge in [0.25, 0.3) is 5.56 Å². The van der Waals surface area contributed by atoms with Crippen LogP contribution in [0.1, 0.15) is 32.9 Å². The molecule has 2 aromatic heterocycles. The van der Waals surface area contributed by atoms with Crippen LogP contribution in [0.5, 0.6) is 0 Å². The van der Waals surface area contributed by atoms with Gasteiger partial charge in [0.1, 0.15) is 16.9 Å². The molecular weight excluding hydrogens is 352 g/mol. The number of aliphatic hydroxyl groups excluding tert-OH is 1. The summed E-state index contributed by atoms with van der Waals surface area (Å²) in [5, 5.41) is 10.4. The lowest BCUT2D eigenvalue weighted by molar-refractivity contribution is -0.156. The van der Waals surface area contributed by atoms with E-state index in [1.807, 2.05) is 6.92 Å². The van der Waals surface area contributed by atoms with Gasteiger partial charge in [-0.15, -0.1) is 0 Å². The quantitative estimate of drug-likeness (QED) is 0.622. The second kappa shape index (κ2) is 6.58. The Labute approximate surface area is 145 Å². The number of nitrogen functional groups attached to an aromatic ring is 1. The van der Waals surface area contributed by atoms with Gasteiger partial charge in [-0.3, -0.25) is 23.9 Å². The Morgan fingerprint density at radius 1 is 1.60 bits per heavy atom. The number of aromatic amines is 1. The van der Waals surface area contributed by atoms with Gasteiger partial charge in [-0.2, -0.15) is 4.98 Å². The Kier molecular flexibility index (Phi) is 4.62. The number of aromatic nitrogens is 3. The highest BCUT2D eigenvalue weighted by atomic mass is 32.1. The number of aliphatic hydroxyl groups is 1. The molecule has 0 radical (unpaired) electrons. The monoisotopic (exact) mass is 370 g/mol. The van der Waals surface area contributed by atoms with Crippen LogP contribution in [0, 0.1) is 0 Å². The Hall–Kier alpha value is -2.24. The first-order chi connectivity index (χ1) is 11.8. The summed E-state index contributed by atoms with van der Waals surface area (Å²) in [7, 11) is 0. The van der Waals surface area contributed by atoms with Crippen LogP contribution in [0.25, 0.3) is 10.3 Å². The number of nitrogens with one attached hydrogen (secondary N) is 1. The fourth-order valence-corrected chi connectivity index (χ4v) is 3.80. The number of ether oxygens (including phenoxy) is 2. The van der Waals surface area contributed by atoms with E-state index in [9.17, 15) is 19.5 Å². The minimum Gasteiger partial charge on any atom is -0.460 e. The van der Waals surface area contributed by atoms with Gasteiger partial charge in [0.05, 0.1) is 6.10 Å². The van der Waals surface area contributed by atoms with Crippen LogP contribution >= 0.6 is 11.3 Å². The number of nitrogens with zero attached hydrogens (tertiary/aromatic N) is 2. The topological polar surface area (TPSA) is 150 Å². The molecule has 1 aliphatic rings. The number of carbonyl (C=O) groups excluding carboxylic acids is 1. The number of hydrogen-bond acceptors (Lipinski definition) is 9. The van der Waals surface area contributed by atoms with E-state index in [-0.39, 0.29) is 22.7 Å². The normalized spacial score (nSPS) is 24.5. The summed E-state index contributed by atoms with van der Waals surface area (Å²) in [6.45, 7) is 3.12. The molecule has 11 heteroatoms. The first-order valence-corrected chi connectivity index (χ1v) is 8.55. The number of rotatable bonds is 4. The summed E-state index contributed by atoms with van der Waals surface area (Å²) in [4.78, 5) is 41.3. The van der Waals surface area contributed by atoms with Crippen molar-refractivity contribution in [1.82, 2.24) is 14.5 Å². The Balaban J connectivity index is 1.99. The SMILES string of the molecule is CCC(OC(C)=O)[C@@H]1C[C@H](O)[C@H](n2c(=O)sc3c(=O)[nH]c(N)nc32)O1. The average molecular weight is 370 g/mol. The van der Waals surface area contributed by atoms with Crippen LogP contribution in [0.4, 0.5) is 5.95 Å². The molecule has 4 N–H and O–H groups in total. The number of H-pyrrole nitrogens is 1. The lowest BCUT2D eigenvalue weighted by atomic mass is 10.1. The van der Waals surface area contributed by atoms with Crippen LogP contribution in [0.15, 0.2) is 9.59 Å². The highest BCUT2D eigenvalue weighted by Gasteiger charge is 2.41. The van der Waals surface area contributed by atoms with Crippen molar-refractivity contribution in [2.45, 2.75) is 51.2 Å². The molecule has 0 saturated carbocycles. The summed E-state index contributed by atoms with van der Waals surface area (Å²) in [5.74, 6) is -0.591. The van der Waals surface area contributed by atoms with Crippen LogP contribution in [0.3, 0.4) is 0 Å². The third-order valence-corrected chi connectivity index (χ3v) is 4.94. The molecule has 1 aliphatic heterocycles. The first kappa shape index (κ1) is 17.6. The number of carbonyl (C=O) groups is 1. The zero-order valence-electron chi connectivity index (χ0n) is 13.6. The minimum atomic E-state index is -1.04. The summed E-state index contributed by atoms with van der Waals surface area (Å²) < 4.78 is 12.2. The van der Waals surface area contributed by atoms with Gasteiger partial charge >= 0.3 is 10.8 Å². The molecule has 4 atom stereocenters. The zero-order valence-corrected chi connectivity index (χ0v) is 14.4. The van der Waals surface area contributed by atoms with E-state index in [1.165, 1.54) is 6.92 Å². The van der Waals surface area contributed by atoms with Crippen LogP contribution < -0.4 is 16.2 Å². The fourth-order valence-electron chi connectivity index (χ4n) is 2.96. The summed E-state index contributed by atoms with van der Waals surface area (Å²) >= 11 is 0.698. The van der Waals surface area contributed by atoms with Crippen molar-refractivity contribution in [3.63, 3.8) is 0 Å². The summed E-state index contributed by atoms with van der Waals surface area (Å²) in [6, 6.07) is 0. The van der Waals surface area contributed by atoms with Gasteiger partial charge in [-0.05, 0) is 6.42 Å². The van der Waals surface area contributed by atoms with E-state index >= 15 is 0 Å². The van der Waals surface area contributed by atoms with Gasteiger partial charge in [0.2, 0.25) is 5.95 Å². The molecule has 1 saturated heterocycles. The van der Waals surface area contributed by atoms with E-state index in [0.29, 0.717) is 17.8 Å². The van der Waals surface area contributed by atoms with Gasteiger partial charge < -0.3 is 20.3 Å². The molecular formula is C14H18N4O6S. The molecule has 0 aromatic carbocycles. The standard InChI is InChI=1S/C14H18N4O6S/c1-3-7(23-5(2)19)8-4-6(20)12(24-8)18-10-9(25-14(18)22)11(21)17-13(15)16-10/h6-8,12,20H,3-4H2,1-2H3,(H3,15,16,17,21)/t6-,7?,8-,12+/m0/s1. The predicted octanol–water partition coefficient (Wildman–Crippen LogP) is -0.281. The maximum Gasteiger partial charge on any atom is 0.311 e. The zero-order chi connectivity index (χ0) is 18.3. The molecule has 0 aliphatic carbocycles. The number of thiazole rings is 1. The van der Waals surface area contributed by atoms with Crippen molar-refractivity contribution in [3.8, 4) is 0 Å². The lowest BCUT2D eigenvalue weighted by Gasteiger charge is -2.22. The molecule has 0 bridgehead atoms. The molecule has 136 valence electrons. The maximum atomic E-state index is 12.3. The molecule has 3 heterocycles. The Morgan fingerprint density at radius 2 is 2.32 bits per heavy atom. The highest BCUT2D eigenvalue weighted by molar-refractivity contribution is 7.16. The maximum absolute atomic E-state index is 12.3. The third kappa shape index (κ3) is 3.17. The predicted molar refractivity (Wildman–Crippen MR) is 89.3 cm³/mol. The average Bonchev–Trinajstić information content (AvgIpc) is 3.04. The minimum absolute atomic E-state index is 0.0569. The fraction of sp³-hybridized carbons (Fsp3) is 0.571. The van der Waals surface area contributed by atoms with Crippen LogP contribution in [-0.4, -0.2) is 43.9 Å². The summed E-state index contributed by atoms with van der Waals surface area (Å²) in [6.07, 6.45) is -2.50. The third-order valence-electron chi connectivity index (χ3n) is 4.00. The van der Waals surface area contributed by atoms with Crippen LogP contribution in [-0.2, 0) is 14.3 Å². The van der Waals surface area contributed by atoms with E-state index < -0.39 is 40.9 Å². The van der Waals surface area contributed by atoms with Crippen molar-refractivity contribution in [1.29, 1.82) is 0 Å². The molecule has 1 fully saturated rings. The van der Waals surface area contributed by atoms with Gasteiger partial charge in [-0.25, -0.2) is 0 Å². The molecule has 1 unspecified atom stereocenters. The number of anilines is 1. The van der Waals surface area contributed by atoms with Crippen molar-refractivity contribution in [2.75, 3.05) is 5.73 Å². The molecule has 0 amide bonds. The van der Waals surface area contributed by atoms with Crippen LogP contribution in [0.2, 0.25) is 0 Å².